The van der Waals surface area contributed by atoms with Gasteiger partial charge in [0.25, 0.3) is 5.56 Å². The average Bonchev–Trinajstić information content (AvgIpc) is 3.21. The minimum Gasteiger partial charge on any atom is -0.340 e. The van der Waals surface area contributed by atoms with Gasteiger partial charge in [0.15, 0.2) is 5.78 Å². The summed E-state index contributed by atoms with van der Waals surface area (Å²) in [5.41, 5.74) is 2.98. The third-order valence-corrected chi connectivity index (χ3v) is 6.61. The summed E-state index contributed by atoms with van der Waals surface area (Å²) in [6.45, 7) is 0.749. The largest absolute Gasteiger partial charge is 0.340 e. The van der Waals surface area contributed by atoms with Crippen LogP contribution in [0.4, 0.5) is 0 Å². The molecule has 2 aliphatic rings. The fourth-order valence-electron chi connectivity index (χ4n) is 4.86. The summed E-state index contributed by atoms with van der Waals surface area (Å²) in [5.74, 6) is -0.388. The van der Waals surface area contributed by atoms with Crippen LogP contribution in [-0.2, 0) is 24.2 Å². The number of ketones is 1. The van der Waals surface area contributed by atoms with Crippen molar-refractivity contribution in [1.29, 1.82) is 0 Å². The van der Waals surface area contributed by atoms with Gasteiger partial charge in [0.1, 0.15) is 11.7 Å². The number of aromatic nitrogens is 2. The van der Waals surface area contributed by atoms with Crippen LogP contribution < -0.4 is 5.56 Å². The molecule has 2 aromatic carbocycles. The van der Waals surface area contributed by atoms with Gasteiger partial charge in [-0.25, -0.2) is 4.68 Å². The minimum absolute atomic E-state index is 0.0890. The van der Waals surface area contributed by atoms with E-state index in [9.17, 15) is 14.4 Å². The molecule has 1 atom stereocenters. The highest BCUT2D eigenvalue weighted by molar-refractivity contribution is 6.29. The van der Waals surface area contributed by atoms with E-state index in [0.717, 1.165) is 41.3 Å². The van der Waals surface area contributed by atoms with E-state index in [1.54, 1.807) is 4.90 Å². The lowest BCUT2D eigenvalue weighted by Crippen LogP contribution is -2.44. The quantitative estimate of drug-likeness (QED) is 0.589. The van der Waals surface area contributed by atoms with Crippen molar-refractivity contribution in [2.24, 2.45) is 5.92 Å². The van der Waals surface area contributed by atoms with E-state index in [1.807, 2.05) is 18.2 Å². The number of nitrogens with zero attached hydrogens (tertiary/aromatic N) is 3. The molecular weight excluding hydrogens is 414 g/mol. The summed E-state index contributed by atoms with van der Waals surface area (Å²) in [6.07, 6.45) is 3.54. The Bertz CT molecular complexity index is 1260. The second-order valence-electron chi connectivity index (χ2n) is 8.31. The second-order valence-corrected chi connectivity index (χ2v) is 8.69. The molecule has 7 heteroatoms. The van der Waals surface area contributed by atoms with Crippen molar-refractivity contribution in [2.75, 3.05) is 13.1 Å². The molecule has 31 heavy (non-hydrogen) atoms. The van der Waals surface area contributed by atoms with Crippen molar-refractivity contribution >= 4 is 34.1 Å². The number of aryl methyl sites for hydroxylation is 2. The highest BCUT2D eigenvalue weighted by atomic mass is 35.5. The molecule has 0 bridgehead atoms. The van der Waals surface area contributed by atoms with Crippen molar-refractivity contribution in [3.05, 3.63) is 74.7 Å². The van der Waals surface area contributed by atoms with Crippen LogP contribution >= 0.6 is 11.6 Å². The zero-order chi connectivity index (χ0) is 21.5. The molecule has 0 saturated carbocycles. The van der Waals surface area contributed by atoms with Gasteiger partial charge in [-0.2, -0.15) is 5.10 Å². The Morgan fingerprint density at radius 2 is 1.87 bits per heavy atom. The van der Waals surface area contributed by atoms with Crippen LogP contribution in [0.5, 0.6) is 0 Å². The predicted molar refractivity (Wildman–Crippen MR) is 118 cm³/mol. The zero-order valence-corrected chi connectivity index (χ0v) is 17.8. The minimum atomic E-state index is -0.379. The Kier molecular flexibility index (Phi) is 5.10. The van der Waals surface area contributed by atoms with Gasteiger partial charge in [0, 0.05) is 30.6 Å². The van der Waals surface area contributed by atoms with Crippen molar-refractivity contribution < 1.29 is 9.59 Å². The first kappa shape index (κ1) is 19.9. The molecule has 0 radical (unpaired) electrons. The number of rotatable bonds is 4. The van der Waals surface area contributed by atoms with E-state index < -0.39 is 0 Å². The molecule has 6 nitrogen and oxygen atoms in total. The first-order valence-electron chi connectivity index (χ1n) is 10.6. The normalized spacial score (nSPS) is 17.8. The van der Waals surface area contributed by atoms with E-state index in [1.165, 1.54) is 28.6 Å². The standard InChI is InChI=1S/C24H22ClN3O3/c25-20-10-11-21(29)28(26-20)14-22(30)27-12-2-4-17(13-27)24(31)19-9-8-16-7-6-15-3-1-5-18(19)23(15)16/h1,3,5,8-11,17H,2,4,6-7,12-14H2. The molecule has 1 aliphatic heterocycles. The zero-order valence-electron chi connectivity index (χ0n) is 17.0. The van der Waals surface area contributed by atoms with E-state index in [2.05, 4.69) is 17.2 Å². The smallest absolute Gasteiger partial charge is 0.267 e. The van der Waals surface area contributed by atoms with E-state index in [-0.39, 0.29) is 34.9 Å². The topological polar surface area (TPSA) is 72.3 Å². The molecule has 1 amide bonds. The number of piperidine rings is 1. The predicted octanol–water partition coefficient (Wildman–Crippen LogP) is 3.27. The molecule has 1 aliphatic carbocycles. The maximum atomic E-state index is 13.5. The number of benzene rings is 2. The van der Waals surface area contributed by atoms with E-state index in [4.69, 9.17) is 11.6 Å². The van der Waals surface area contributed by atoms with Gasteiger partial charge in [-0.15, -0.1) is 0 Å². The summed E-state index contributed by atoms with van der Waals surface area (Å²) in [5, 5.41) is 6.33. The Balaban J connectivity index is 1.37. The maximum absolute atomic E-state index is 13.5. The molecule has 1 saturated heterocycles. The average molecular weight is 436 g/mol. The van der Waals surface area contributed by atoms with E-state index in [0.29, 0.717) is 13.1 Å². The number of amides is 1. The van der Waals surface area contributed by atoms with E-state index >= 15 is 0 Å². The van der Waals surface area contributed by atoms with Crippen LogP contribution in [0.15, 0.2) is 47.3 Å². The van der Waals surface area contributed by atoms with Gasteiger partial charge in [-0.3, -0.25) is 14.4 Å². The summed E-state index contributed by atoms with van der Waals surface area (Å²) in [7, 11) is 0. The number of halogens is 1. The van der Waals surface area contributed by atoms with Gasteiger partial charge >= 0.3 is 0 Å². The van der Waals surface area contributed by atoms with Gasteiger partial charge < -0.3 is 4.90 Å². The fourth-order valence-corrected chi connectivity index (χ4v) is 5.02. The van der Waals surface area contributed by atoms with Crippen molar-refractivity contribution in [3.63, 3.8) is 0 Å². The first-order chi connectivity index (χ1) is 15.0. The van der Waals surface area contributed by atoms with Crippen LogP contribution in [0.2, 0.25) is 5.15 Å². The lowest BCUT2D eigenvalue weighted by molar-refractivity contribution is -0.133. The molecule has 0 N–H and O–H groups in total. The molecule has 5 rings (SSSR count). The van der Waals surface area contributed by atoms with Gasteiger partial charge in [0.2, 0.25) is 5.91 Å². The van der Waals surface area contributed by atoms with Crippen LogP contribution in [0, 0.1) is 5.92 Å². The number of carbonyl (C=O) groups is 2. The van der Waals surface area contributed by atoms with Crippen LogP contribution in [0.25, 0.3) is 10.8 Å². The molecule has 3 aromatic rings. The Hall–Kier alpha value is -2.99. The number of Topliss-reactive ketones (excluding diaryl/α,β-unsaturated/α-hetero) is 1. The summed E-state index contributed by atoms with van der Waals surface area (Å²) in [4.78, 5) is 39.9. The maximum Gasteiger partial charge on any atom is 0.267 e. The van der Waals surface area contributed by atoms with Crippen LogP contribution in [0.1, 0.15) is 34.3 Å². The Labute approximate surface area is 184 Å². The third-order valence-electron chi connectivity index (χ3n) is 6.41. The van der Waals surface area contributed by atoms with Gasteiger partial charge in [-0.1, -0.05) is 41.9 Å². The monoisotopic (exact) mass is 435 g/mol. The summed E-state index contributed by atoms with van der Waals surface area (Å²) >= 11 is 5.85. The molecule has 0 spiro atoms. The fraction of sp³-hybridized carbons (Fsp3) is 0.333. The van der Waals surface area contributed by atoms with Crippen LogP contribution in [-0.4, -0.2) is 39.5 Å². The molecular formula is C24H22ClN3O3. The molecule has 158 valence electrons. The van der Waals surface area contributed by atoms with Gasteiger partial charge in [-0.05, 0) is 53.6 Å². The van der Waals surface area contributed by atoms with Crippen molar-refractivity contribution in [1.82, 2.24) is 14.7 Å². The highest BCUT2D eigenvalue weighted by Crippen LogP contribution is 2.34. The number of carbonyl (C=O) groups excluding carboxylic acids is 2. The summed E-state index contributed by atoms with van der Waals surface area (Å²) in [6, 6.07) is 12.9. The van der Waals surface area contributed by atoms with Crippen molar-refractivity contribution in [3.8, 4) is 0 Å². The Morgan fingerprint density at radius 3 is 2.71 bits per heavy atom. The lowest BCUT2D eigenvalue weighted by Gasteiger charge is -2.32. The lowest BCUT2D eigenvalue weighted by atomic mass is 9.87. The number of hydrogen-bond donors (Lipinski definition) is 0. The molecule has 1 fully saturated rings. The third kappa shape index (κ3) is 3.65. The summed E-state index contributed by atoms with van der Waals surface area (Å²) < 4.78 is 1.07. The molecule has 2 heterocycles. The number of hydrogen-bond acceptors (Lipinski definition) is 4. The second kappa shape index (κ2) is 7.93. The van der Waals surface area contributed by atoms with Crippen molar-refractivity contribution in [2.45, 2.75) is 32.2 Å². The first-order valence-corrected chi connectivity index (χ1v) is 11.0. The highest BCUT2D eigenvalue weighted by Gasteiger charge is 2.30. The molecule has 1 unspecified atom stereocenters. The number of likely N-dealkylation sites (tertiary alicyclic amines) is 1. The molecule has 1 aromatic heterocycles. The Morgan fingerprint density at radius 1 is 1.06 bits per heavy atom. The SMILES string of the molecule is O=C(c1ccc2c3c(cccc13)CC2)C1CCCN(C(=O)Cn2nc(Cl)ccc2=O)C1. The van der Waals surface area contributed by atoms with Gasteiger partial charge in [0.05, 0.1) is 0 Å². The van der Waals surface area contributed by atoms with Crippen LogP contribution in [0.3, 0.4) is 0 Å².